The van der Waals surface area contributed by atoms with E-state index in [1.807, 2.05) is 95.6 Å². The SMILES string of the molecule is O=c1c2ccccc2c2c(c3cc(-c4ccc5c(c4)c4ccccc4n5-c4ccccc4)ccc3n2-c2nc(-c3ccccc3)c3ccccc3n2)n1-c1ccccc1. The van der Waals surface area contributed by atoms with Gasteiger partial charge in [-0.25, -0.2) is 9.97 Å². The zero-order chi connectivity index (χ0) is 39.0. The van der Waals surface area contributed by atoms with Crippen LogP contribution in [0.1, 0.15) is 0 Å². The molecule has 0 amide bonds. The fourth-order valence-electron chi connectivity index (χ4n) is 9.05. The van der Waals surface area contributed by atoms with Crippen molar-refractivity contribution in [3.63, 3.8) is 0 Å². The summed E-state index contributed by atoms with van der Waals surface area (Å²) in [5.74, 6) is 0.536. The van der Waals surface area contributed by atoms with Gasteiger partial charge in [-0.15, -0.1) is 0 Å². The minimum Gasteiger partial charge on any atom is -0.309 e. The zero-order valence-electron chi connectivity index (χ0n) is 31.7. The maximum Gasteiger partial charge on any atom is 0.263 e. The van der Waals surface area contributed by atoms with Crippen LogP contribution in [0.25, 0.3) is 105 Å². The fraction of sp³-hybridized carbons (Fsp3) is 0. The molecule has 4 aromatic heterocycles. The third-order valence-corrected chi connectivity index (χ3v) is 11.7. The average molecular weight is 756 g/mol. The van der Waals surface area contributed by atoms with Crippen LogP contribution < -0.4 is 5.56 Å². The van der Waals surface area contributed by atoms with Crippen molar-refractivity contribution in [1.29, 1.82) is 0 Å². The molecule has 0 bridgehead atoms. The van der Waals surface area contributed by atoms with Crippen molar-refractivity contribution < 1.29 is 0 Å². The monoisotopic (exact) mass is 755 g/mol. The summed E-state index contributed by atoms with van der Waals surface area (Å²) in [6, 6.07) is 68.7. The van der Waals surface area contributed by atoms with Gasteiger partial charge in [0.25, 0.3) is 5.56 Å². The van der Waals surface area contributed by atoms with E-state index >= 15 is 0 Å². The molecule has 0 radical (unpaired) electrons. The van der Waals surface area contributed by atoms with Gasteiger partial charge in [0, 0.05) is 49.3 Å². The number of rotatable bonds is 5. The molecule has 12 aromatic rings. The number of hydrogen-bond acceptors (Lipinski definition) is 3. The number of hydrogen-bond donors (Lipinski definition) is 0. The van der Waals surface area contributed by atoms with Crippen LogP contribution in [0.2, 0.25) is 0 Å². The number of pyridine rings is 1. The third-order valence-electron chi connectivity index (χ3n) is 11.7. The molecule has 6 heteroatoms. The van der Waals surface area contributed by atoms with Crippen LogP contribution in [-0.2, 0) is 0 Å². The molecule has 0 aliphatic carbocycles. The molecule has 0 saturated carbocycles. The molecule has 0 saturated heterocycles. The average Bonchev–Trinajstić information content (AvgIpc) is 3.82. The summed E-state index contributed by atoms with van der Waals surface area (Å²) in [5, 5.41) is 5.73. The standard InChI is InChI=1S/C53H33N5O/c59-52-41-24-11-10-23-40(41)50-51(57(52)38-20-8-3-9-21-38)44-33-36(35-28-30-47-43(32-35)39-22-13-15-27-46(39)56(47)37-18-6-2-7-19-37)29-31-48(44)58(50)53-54-45-26-14-12-25-42(45)49(55-53)34-16-4-1-5-17-34/h1-33H. The summed E-state index contributed by atoms with van der Waals surface area (Å²) in [6.45, 7) is 0. The molecule has 0 aliphatic rings. The topological polar surface area (TPSA) is 57.6 Å². The molecule has 0 N–H and O–H groups in total. The van der Waals surface area contributed by atoms with Gasteiger partial charge in [0.1, 0.15) is 0 Å². The van der Waals surface area contributed by atoms with Crippen LogP contribution >= 0.6 is 0 Å². The number of aromatic nitrogens is 5. The van der Waals surface area contributed by atoms with Gasteiger partial charge < -0.3 is 4.57 Å². The maximum absolute atomic E-state index is 14.8. The first-order valence-electron chi connectivity index (χ1n) is 19.8. The molecule has 0 aliphatic heterocycles. The van der Waals surface area contributed by atoms with Crippen molar-refractivity contribution in [2.24, 2.45) is 0 Å². The Labute approximate surface area is 338 Å². The van der Waals surface area contributed by atoms with Gasteiger partial charge in [-0.1, -0.05) is 133 Å². The second-order valence-electron chi connectivity index (χ2n) is 15.0. The highest BCUT2D eigenvalue weighted by atomic mass is 16.1. The van der Waals surface area contributed by atoms with Crippen molar-refractivity contribution >= 4 is 65.4 Å². The van der Waals surface area contributed by atoms with Crippen LogP contribution in [0.15, 0.2) is 205 Å². The Morgan fingerprint density at radius 2 is 0.847 bits per heavy atom. The Morgan fingerprint density at radius 3 is 1.56 bits per heavy atom. The molecule has 0 fully saturated rings. The Hall–Kier alpha value is -8.09. The maximum atomic E-state index is 14.8. The van der Waals surface area contributed by atoms with E-state index in [1.54, 1.807) is 0 Å². The van der Waals surface area contributed by atoms with Crippen LogP contribution in [0.3, 0.4) is 0 Å². The molecule has 6 nitrogen and oxygen atoms in total. The minimum absolute atomic E-state index is 0.0803. The van der Waals surface area contributed by atoms with E-state index in [0.29, 0.717) is 11.3 Å². The molecule has 12 rings (SSSR count). The van der Waals surface area contributed by atoms with Crippen LogP contribution in [0.4, 0.5) is 0 Å². The molecule has 0 atom stereocenters. The summed E-state index contributed by atoms with van der Waals surface area (Å²) in [5.41, 5.74) is 11.5. The predicted molar refractivity (Wildman–Crippen MR) is 242 cm³/mol. The fourth-order valence-corrected chi connectivity index (χ4v) is 9.05. The molecule has 8 aromatic carbocycles. The highest BCUT2D eigenvalue weighted by Gasteiger charge is 2.24. The second-order valence-corrected chi connectivity index (χ2v) is 15.0. The Bertz CT molecular complexity index is 3680. The van der Waals surface area contributed by atoms with E-state index in [1.165, 1.54) is 10.8 Å². The van der Waals surface area contributed by atoms with Gasteiger partial charge >= 0.3 is 0 Å². The predicted octanol–water partition coefficient (Wildman–Crippen LogP) is 12.5. The van der Waals surface area contributed by atoms with Gasteiger partial charge in [0.2, 0.25) is 5.95 Å². The quantitative estimate of drug-likeness (QED) is 0.176. The highest BCUT2D eigenvalue weighted by molar-refractivity contribution is 6.18. The smallest absolute Gasteiger partial charge is 0.263 e. The minimum atomic E-state index is -0.0803. The first kappa shape index (κ1) is 33.1. The number of fused-ring (bicyclic) bond motifs is 9. The molecule has 59 heavy (non-hydrogen) atoms. The third kappa shape index (κ3) is 5.03. The number of para-hydroxylation sites is 4. The molecule has 4 heterocycles. The number of benzene rings is 8. The largest absolute Gasteiger partial charge is 0.309 e. The van der Waals surface area contributed by atoms with Crippen LogP contribution in [-0.4, -0.2) is 23.7 Å². The van der Waals surface area contributed by atoms with Crippen LogP contribution in [0, 0.1) is 0 Å². The van der Waals surface area contributed by atoms with E-state index in [9.17, 15) is 4.79 Å². The summed E-state index contributed by atoms with van der Waals surface area (Å²) < 4.78 is 6.36. The highest BCUT2D eigenvalue weighted by Crippen LogP contribution is 2.40. The molecule has 0 unspecified atom stereocenters. The lowest BCUT2D eigenvalue weighted by molar-refractivity contribution is 1.01. The summed E-state index contributed by atoms with van der Waals surface area (Å²) in [7, 11) is 0. The second kappa shape index (κ2) is 13.0. The van der Waals surface area contributed by atoms with E-state index < -0.39 is 0 Å². The molecular formula is C53H33N5O. The van der Waals surface area contributed by atoms with Crippen molar-refractivity contribution in [2.45, 2.75) is 0 Å². The zero-order valence-corrected chi connectivity index (χ0v) is 31.7. The lowest BCUT2D eigenvalue weighted by Gasteiger charge is -2.14. The lowest BCUT2D eigenvalue weighted by Crippen LogP contribution is -2.19. The van der Waals surface area contributed by atoms with E-state index in [0.717, 1.165) is 83.0 Å². The van der Waals surface area contributed by atoms with Crippen molar-refractivity contribution in [1.82, 2.24) is 23.7 Å². The first-order chi connectivity index (χ1) is 29.2. The number of nitrogens with zero attached hydrogens (tertiary/aromatic N) is 5. The van der Waals surface area contributed by atoms with E-state index in [-0.39, 0.29) is 5.56 Å². The molecule has 0 spiro atoms. The summed E-state index contributed by atoms with van der Waals surface area (Å²) in [6.07, 6.45) is 0. The Morgan fingerprint density at radius 1 is 0.339 bits per heavy atom. The van der Waals surface area contributed by atoms with Gasteiger partial charge in [-0.05, 0) is 77.9 Å². The van der Waals surface area contributed by atoms with Crippen molar-refractivity contribution in [2.75, 3.05) is 0 Å². The van der Waals surface area contributed by atoms with Gasteiger partial charge in [-0.3, -0.25) is 13.9 Å². The molecular weight excluding hydrogens is 723 g/mol. The van der Waals surface area contributed by atoms with Crippen LogP contribution in [0.5, 0.6) is 0 Å². The van der Waals surface area contributed by atoms with Crippen molar-refractivity contribution in [3.8, 4) is 39.7 Å². The van der Waals surface area contributed by atoms with Gasteiger partial charge in [-0.2, -0.15) is 0 Å². The molecule has 276 valence electrons. The van der Waals surface area contributed by atoms with Gasteiger partial charge in [0.05, 0.1) is 38.8 Å². The first-order valence-corrected chi connectivity index (χ1v) is 19.8. The van der Waals surface area contributed by atoms with E-state index in [4.69, 9.17) is 9.97 Å². The Kier molecular flexibility index (Phi) is 7.28. The summed E-state index contributed by atoms with van der Waals surface area (Å²) >= 11 is 0. The lowest BCUT2D eigenvalue weighted by atomic mass is 10.0. The van der Waals surface area contributed by atoms with E-state index in [2.05, 4.69) is 118 Å². The van der Waals surface area contributed by atoms with Crippen molar-refractivity contribution in [3.05, 3.63) is 211 Å². The summed E-state index contributed by atoms with van der Waals surface area (Å²) in [4.78, 5) is 25.5. The van der Waals surface area contributed by atoms with Gasteiger partial charge in [0.15, 0.2) is 0 Å². The normalized spacial score (nSPS) is 11.8. The Balaban J connectivity index is 1.19.